The van der Waals surface area contributed by atoms with E-state index < -0.39 is 28.0 Å². The smallest absolute Gasteiger partial charge is 0.414 e. The first-order valence-electron chi connectivity index (χ1n) is 8.01. The first-order chi connectivity index (χ1) is 13.2. The van der Waals surface area contributed by atoms with Crippen LogP contribution in [0.5, 0.6) is 0 Å². The summed E-state index contributed by atoms with van der Waals surface area (Å²) in [6.45, 7) is 1.66. The number of carbonyl (C=O) groups is 2. The van der Waals surface area contributed by atoms with Gasteiger partial charge in [-0.25, -0.2) is 22.3 Å². The van der Waals surface area contributed by atoms with Gasteiger partial charge in [0, 0.05) is 12.5 Å². The Morgan fingerprint density at radius 2 is 2.18 bits per heavy atom. The van der Waals surface area contributed by atoms with Crippen LogP contribution in [0.1, 0.15) is 6.92 Å². The number of hydrogen-bond acceptors (Lipinski definition) is 8. The number of sulfonamides is 1. The molecule has 10 nitrogen and oxygen atoms in total. The highest BCUT2D eigenvalue weighted by Crippen LogP contribution is 2.31. The maximum Gasteiger partial charge on any atom is 0.414 e. The van der Waals surface area contributed by atoms with Crippen LogP contribution in [0.15, 0.2) is 22.5 Å². The molecule has 1 aromatic carbocycles. The molecule has 1 atom stereocenters. The minimum Gasteiger partial charge on any atom is -0.442 e. The molecule has 13 heteroatoms. The zero-order chi connectivity index (χ0) is 20.5. The van der Waals surface area contributed by atoms with Crippen LogP contribution in [0, 0.1) is 5.82 Å². The number of nitrogens with zero attached hydrogens (tertiary/aromatic N) is 3. The summed E-state index contributed by atoms with van der Waals surface area (Å²) in [5.41, 5.74) is 0.324. The van der Waals surface area contributed by atoms with Crippen LogP contribution in [-0.4, -0.2) is 56.9 Å². The van der Waals surface area contributed by atoms with Crippen molar-refractivity contribution < 1.29 is 27.1 Å². The van der Waals surface area contributed by atoms with Crippen molar-refractivity contribution in [1.82, 2.24) is 20.2 Å². The summed E-state index contributed by atoms with van der Waals surface area (Å²) >= 11 is 0.722. The molecule has 2 N–H and O–H groups in total. The molecule has 0 radical (unpaired) electrons. The number of anilines is 1. The Morgan fingerprint density at radius 3 is 2.82 bits per heavy atom. The molecular weight excluding hydrogens is 413 g/mol. The minimum absolute atomic E-state index is 0.0566. The van der Waals surface area contributed by atoms with E-state index in [9.17, 15) is 22.4 Å². The van der Waals surface area contributed by atoms with E-state index in [4.69, 9.17) is 4.74 Å². The van der Waals surface area contributed by atoms with Crippen molar-refractivity contribution >= 4 is 39.0 Å². The predicted molar refractivity (Wildman–Crippen MR) is 97.8 cm³/mol. The standard InChI is InChI=1S/C15H16FN5O5S2/c1-8(22)18-6-10-7-21(15(23)26-10)9-3-4-11(12(16)5-9)13-19-20-14(27-13)28(24,25)17-2/h3-5,10,17H,6-7H2,1-2H3,(H,18,22). The van der Waals surface area contributed by atoms with Gasteiger partial charge in [0.1, 0.15) is 11.9 Å². The van der Waals surface area contributed by atoms with Gasteiger partial charge in [0.15, 0.2) is 5.01 Å². The number of carbonyl (C=O) groups excluding carboxylic acids is 2. The molecule has 0 spiro atoms. The quantitative estimate of drug-likeness (QED) is 0.692. The van der Waals surface area contributed by atoms with E-state index in [2.05, 4.69) is 20.2 Å². The largest absolute Gasteiger partial charge is 0.442 e. The van der Waals surface area contributed by atoms with Gasteiger partial charge in [-0.1, -0.05) is 11.3 Å². The van der Waals surface area contributed by atoms with Gasteiger partial charge < -0.3 is 10.1 Å². The van der Waals surface area contributed by atoms with E-state index in [1.807, 2.05) is 0 Å². The lowest BCUT2D eigenvalue weighted by Gasteiger charge is -2.14. The Bertz CT molecular complexity index is 1030. The maximum absolute atomic E-state index is 14.6. The minimum atomic E-state index is -3.77. The normalized spacial score (nSPS) is 16.9. The third-order valence-electron chi connectivity index (χ3n) is 3.85. The molecule has 0 aliphatic carbocycles. The zero-order valence-electron chi connectivity index (χ0n) is 14.8. The highest BCUT2D eigenvalue weighted by molar-refractivity contribution is 7.91. The number of ether oxygens (including phenoxy) is 1. The van der Waals surface area contributed by atoms with E-state index >= 15 is 0 Å². The van der Waals surface area contributed by atoms with Crippen LogP contribution in [0.2, 0.25) is 0 Å². The molecule has 1 saturated heterocycles. The third kappa shape index (κ3) is 4.10. The Morgan fingerprint density at radius 1 is 1.43 bits per heavy atom. The molecule has 1 aliphatic rings. The summed E-state index contributed by atoms with van der Waals surface area (Å²) in [7, 11) is -2.54. The number of benzene rings is 1. The number of hydrogen-bond donors (Lipinski definition) is 2. The molecule has 0 saturated carbocycles. The number of halogens is 1. The fourth-order valence-electron chi connectivity index (χ4n) is 2.46. The van der Waals surface area contributed by atoms with Crippen LogP contribution < -0.4 is 14.9 Å². The third-order valence-corrected chi connectivity index (χ3v) is 6.59. The number of nitrogens with one attached hydrogen (secondary N) is 2. The average molecular weight is 429 g/mol. The average Bonchev–Trinajstić information content (AvgIpc) is 3.27. The van der Waals surface area contributed by atoms with Crippen LogP contribution in [0.4, 0.5) is 14.9 Å². The Hall–Kier alpha value is -2.64. The second-order valence-electron chi connectivity index (χ2n) is 5.80. The molecular formula is C15H16FN5O5S2. The molecule has 3 rings (SSSR count). The second kappa shape index (κ2) is 7.77. The fourth-order valence-corrected chi connectivity index (χ4v) is 4.31. The summed E-state index contributed by atoms with van der Waals surface area (Å²) in [4.78, 5) is 24.2. The van der Waals surface area contributed by atoms with Crippen molar-refractivity contribution in [3.8, 4) is 10.6 Å². The number of cyclic esters (lactones) is 1. The molecule has 150 valence electrons. The maximum atomic E-state index is 14.6. The molecule has 2 aromatic rings. The van der Waals surface area contributed by atoms with Crippen LogP contribution in [0.25, 0.3) is 10.6 Å². The summed E-state index contributed by atoms with van der Waals surface area (Å²) < 4.78 is 45.0. The topological polar surface area (TPSA) is 131 Å². The summed E-state index contributed by atoms with van der Waals surface area (Å²) in [5.74, 6) is -0.943. The van der Waals surface area contributed by atoms with Gasteiger partial charge >= 0.3 is 6.09 Å². The fraction of sp³-hybridized carbons (Fsp3) is 0.333. The molecule has 1 fully saturated rings. The van der Waals surface area contributed by atoms with Crippen molar-refractivity contribution in [1.29, 1.82) is 0 Å². The Balaban J connectivity index is 1.80. The molecule has 2 amide bonds. The predicted octanol–water partition coefficient (Wildman–Crippen LogP) is 0.714. The van der Waals surface area contributed by atoms with Crippen LogP contribution in [0.3, 0.4) is 0 Å². The van der Waals surface area contributed by atoms with Crippen LogP contribution >= 0.6 is 11.3 Å². The molecule has 1 aliphatic heterocycles. The van der Waals surface area contributed by atoms with Crippen molar-refractivity contribution in [3.05, 3.63) is 24.0 Å². The zero-order valence-corrected chi connectivity index (χ0v) is 16.4. The van der Waals surface area contributed by atoms with Gasteiger partial charge in [-0.3, -0.25) is 9.69 Å². The summed E-state index contributed by atoms with van der Waals surface area (Å²) in [5, 5.41) is 9.93. The SMILES string of the molecule is CNS(=O)(=O)c1nnc(-c2ccc(N3CC(CNC(C)=O)OC3=O)cc2F)s1. The van der Waals surface area contributed by atoms with Crippen molar-refractivity contribution in [3.63, 3.8) is 0 Å². The van der Waals surface area contributed by atoms with E-state index in [1.165, 1.54) is 31.0 Å². The van der Waals surface area contributed by atoms with E-state index in [0.717, 1.165) is 17.4 Å². The highest BCUT2D eigenvalue weighted by atomic mass is 32.2. The summed E-state index contributed by atoms with van der Waals surface area (Å²) in [6, 6.07) is 4.01. The van der Waals surface area contributed by atoms with Crippen molar-refractivity contribution in [2.75, 3.05) is 25.0 Å². The summed E-state index contributed by atoms with van der Waals surface area (Å²) in [6.07, 6.45) is -1.20. The lowest BCUT2D eigenvalue weighted by atomic mass is 10.2. The van der Waals surface area contributed by atoms with Gasteiger partial charge in [-0.05, 0) is 25.2 Å². The van der Waals surface area contributed by atoms with Gasteiger partial charge in [-0.2, -0.15) is 0 Å². The molecule has 1 aromatic heterocycles. The van der Waals surface area contributed by atoms with Gasteiger partial charge in [0.25, 0.3) is 10.0 Å². The first-order valence-corrected chi connectivity index (χ1v) is 10.3. The van der Waals surface area contributed by atoms with Gasteiger partial charge in [-0.15, -0.1) is 10.2 Å². The monoisotopic (exact) mass is 429 g/mol. The number of rotatable bonds is 6. The lowest BCUT2D eigenvalue weighted by molar-refractivity contribution is -0.119. The Kier molecular flexibility index (Phi) is 5.58. The highest BCUT2D eigenvalue weighted by Gasteiger charge is 2.33. The van der Waals surface area contributed by atoms with E-state index in [-0.39, 0.29) is 39.6 Å². The molecule has 1 unspecified atom stereocenters. The molecule has 28 heavy (non-hydrogen) atoms. The Labute approximate surface area is 163 Å². The van der Waals surface area contributed by atoms with Crippen molar-refractivity contribution in [2.24, 2.45) is 0 Å². The van der Waals surface area contributed by atoms with Crippen LogP contribution in [-0.2, 0) is 19.6 Å². The van der Waals surface area contributed by atoms with E-state index in [1.54, 1.807) is 0 Å². The lowest BCUT2D eigenvalue weighted by Crippen LogP contribution is -2.33. The van der Waals surface area contributed by atoms with Gasteiger partial charge in [0.2, 0.25) is 10.2 Å². The second-order valence-corrected chi connectivity index (χ2v) is 8.84. The molecule has 0 bridgehead atoms. The van der Waals surface area contributed by atoms with E-state index in [0.29, 0.717) is 0 Å². The van der Waals surface area contributed by atoms with Crippen molar-refractivity contribution in [2.45, 2.75) is 17.4 Å². The number of aromatic nitrogens is 2. The van der Waals surface area contributed by atoms with Gasteiger partial charge in [0.05, 0.1) is 18.8 Å². The number of amides is 2. The molecule has 2 heterocycles. The first kappa shape index (κ1) is 20.1.